The summed E-state index contributed by atoms with van der Waals surface area (Å²) in [6, 6.07) is 17.6. The predicted molar refractivity (Wildman–Crippen MR) is 159 cm³/mol. The minimum absolute atomic E-state index is 0.0157. The van der Waals surface area contributed by atoms with Gasteiger partial charge >= 0.3 is 6.03 Å². The van der Waals surface area contributed by atoms with Gasteiger partial charge in [-0.15, -0.1) is 0 Å². The molecule has 1 aliphatic heterocycles. The smallest absolute Gasteiger partial charge is 0.323 e. The van der Waals surface area contributed by atoms with Crippen LogP contribution in [0.2, 0.25) is 0 Å². The van der Waals surface area contributed by atoms with Crippen LogP contribution in [-0.4, -0.2) is 82.9 Å². The van der Waals surface area contributed by atoms with E-state index < -0.39 is 26.1 Å². The second-order valence-corrected chi connectivity index (χ2v) is 12.9. The molecule has 42 heavy (non-hydrogen) atoms. The highest BCUT2D eigenvalue weighted by Gasteiger charge is 2.20. The largest absolute Gasteiger partial charge is 0.395 e. The van der Waals surface area contributed by atoms with E-state index in [9.17, 15) is 21.6 Å². The summed E-state index contributed by atoms with van der Waals surface area (Å²) in [5.74, 6) is 0.355. The zero-order valence-electron chi connectivity index (χ0n) is 22.7. The number of hydrogen-bond acceptors (Lipinski definition) is 8. The topological polar surface area (TPSA) is 198 Å². The number of urea groups is 1. The van der Waals surface area contributed by atoms with Crippen LogP contribution in [0.4, 0.5) is 16.2 Å². The number of sulfonamides is 2. The first-order valence-electron chi connectivity index (χ1n) is 13.0. The van der Waals surface area contributed by atoms with Crippen molar-refractivity contribution < 1.29 is 26.7 Å². The Labute approximate surface area is 244 Å². The molecule has 0 atom stereocenters. The van der Waals surface area contributed by atoms with Crippen LogP contribution in [0, 0.1) is 5.41 Å². The maximum atomic E-state index is 12.7. The van der Waals surface area contributed by atoms with E-state index in [1.54, 1.807) is 24.3 Å². The fraction of sp³-hybridized carbons (Fsp3) is 0.259. The highest BCUT2D eigenvalue weighted by molar-refractivity contribution is 7.89. The molecule has 3 aromatic rings. The van der Waals surface area contributed by atoms with Crippen LogP contribution in [-0.2, 0) is 26.6 Å². The summed E-state index contributed by atoms with van der Waals surface area (Å²) in [4.78, 5) is 16.6. The van der Waals surface area contributed by atoms with Gasteiger partial charge in [-0.3, -0.25) is 10.3 Å². The van der Waals surface area contributed by atoms with E-state index in [2.05, 4.69) is 20.3 Å². The molecule has 1 fully saturated rings. The molecule has 0 bridgehead atoms. The Morgan fingerprint density at radius 3 is 2.10 bits per heavy atom. The summed E-state index contributed by atoms with van der Waals surface area (Å²) in [5, 5.41) is 28.2. The van der Waals surface area contributed by atoms with Crippen molar-refractivity contribution in [3.63, 3.8) is 0 Å². The van der Waals surface area contributed by atoms with Gasteiger partial charge in [-0.05, 0) is 54.1 Å². The number of aliphatic hydroxyl groups excluding tert-OH is 1. The number of rotatable bonds is 10. The van der Waals surface area contributed by atoms with Crippen molar-refractivity contribution in [2.24, 2.45) is 5.14 Å². The lowest BCUT2D eigenvalue weighted by molar-refractivity contribution is 0.147. The van der Waals surface area contributed by atoms with Gasteiger partial charge in [-0.2, -0.15) is 0 Å². The van der Waals surface area contributed by atoms with E-state index in [0.717, 1.165) is 13.1 Å². The molecule has 1 aliphatic rings. The second-order valence-electron chi connectivity index (χ2n) is 9.60. The third-order valence-corrected chi connectivity index (χ3v) is 8.99. The van der Waals surface area contributed by atoms with Crippen LogP contribution in [0.5, 0.6) is 0 Å². The number of amidine groups is 1. The summed E-state index contributed by atoms with van der Waals surface area (Å²) in [5.41, 5.74) is 2.07. The van der Waals surface area contributed by atoms with Gasteiger partial charge in [0, 0.05) is 56.2 Å². The van der Waals surface area contributed by atoms with Gasteiger partial charge < -0.3 is 20.6 Å². The lowest BCUT2D eigenvalue weighted by Crippen LogP contribution is -2.49. The highest BCUT2D eigenvalue weighted by atomic mass is 32.2. The van der Waals surface area contributed by atoms with E-state index in [4.69, 9.17) is 15.7 Å². The number of carbonyl (C=O) groups excluding carboxylic acids is 1. The van der Waals surface area contributed by atoms with Crippen molar-refractivity contribution in [2.45, 2.75) is 16.3 Å². The molecule has 1 saturated heterocycles. The molecule has 0 unspecified atom stereocenters. The Balaban J connectivity index is 1.30. The molecule has 0 aliphatic carbocycles. The molecule has 3 aromatic carbocycles. The monoisotopic (exact) mass is 615 g/mol. The number of nitrogens with one attached hydrogen (secondary N) is 4. The Kier molecular flexibility index (Phi) is 9.93. The number of benzene rings is 3. The quantitative estimate of drug-likeness (QED) is 0.145. The van der Waals surface area contributed by atoms with E-state index in [1.165, 1.54) is 48.5 Å². The number of anilines is 2. The van der Waals surface area contributed by atoms with Crippen molar-refractivity contribution in [3.05, 3.63) is 83.9 Å². The maximum Gasteiger partial charge on any atom is 0.323 e. The zero-order valence-corrected chi connectivity index (χ0v) is 24.3. The molecule has 13 nitrogen and oxygen atoms in total. The maximum absolute atomic E-state index is 12.7. The SMILES string of the molecule is N=C(c1cccc(NC(=O)Nc2ccc(S(=O)(=O)NCc3ccc(S(N)(=O)=O)cc3)cc2)c1)N1CCN(CCO)CC1. The summed E-state index contributed by atoms with van der Waals surface area (Å²) in [6.45, 7) is 3.53. The molecule has 0 aromatic heterocycles. The van der Waals surface area contributed by atoms with E-state index in [-0.39, 0.29) is 22.9 Å². The van der Waals surface area contributed by atoms with Crippen molar-refractivity contribution in [2.75, 3.05) is 50.0 Å². The Morgan fingerprint density at radius 1 is 0.857 bits per heavy atom. The summed E-state index contributed by atoms with van der Waals surface area (Å²) >= 11 is 0. The molecule has 15 heteroatoms. The number of carbonyl (C=O) groups is 1. The van der Waals surface area contributed by atoms with Gasteiger partial charge in [0.1, 0.15) is 5.84 Å². The molecule has 0 saturated carbocycles. The molecule has 0 spiro atoms. The third kappa shape index (κ3) is 8.34. The van der Waals surface area contributed by atoms with Crippen LogP contribution in [0.25, 0.3) is 0 Å². The van der Waals surface area contributed by atoms with Crippen molar-refractivity contribution in [1.29, 1.82) is 5.41 Å². The first-order valence-corrected chi connectivity index (χ1v) is 16.0. The standard InChI is InChI=1S/C27H33N7O6S2/c28-26(34-14-12-33(13-15-34)16-17-35)21-2-1-3-23(18-21)32-27(36)31-22-6-10-25(11-7-22)42(39,40)30-19-20-4-8-24(9-5-20)41(29,37)38/h1-11,18,28,30,35H,12-17,19H2,(H2,29,37,38)(H2,31,32,36). The average Bonchev–Trinajstić information content (AvgIpc) is 2.96. The normalized spacial score (nSPS) is 14.4. The van der Waals surface area contributed by atoms with E-state index in [1.807, 2.05) is 4.90 Å². The summed E-state index contributed by atoms with van der Waals surface area (Å²) in [7, 11) is -7.72. The summed E-state index contributed by atoms with van der Waals surface area (Å²) in [6.07, 6.45) is 0. The minimum Gasteiger partial charge on any atom is -0.395 e. The van der Waals surface area contributed by atoms with Gasteiger partial charge in [0.25, 0.3) is 0 Å². The van der Waals surface area contributed by atoms with Crippen LogP contribution in [0.1, 0.15) is 11.1 Å². The number of hydrogen-bond donors (Lipinski definition) is 6. The lowest BCUT2D eigenvalue weighted by Gasteiger charge is -2.35. The van der Waals surface area contributed by atoms with Gasteiger partial charge in [-0.1, -0.05) is 24.3 Å². The molecule has 7 N–H and O–H groups in total. The molecule has 1 heterocycles. The molecular weight excluding hydrogens is 582 g/mol. The van der Waals surface area contributed by atoms with Crippen molar-refractivity contribution in [1.82, 2.24) is 14.5 Å². The van der Waals surface area contributed by atoms with E-state index >= 15 is 0 Å². The van der Waals surface area contributed by atoms with Crippen LogP contribution in [0.15, 0.2) is 82.6 Å². The fourth-order valence-electron chi connectivity index (χ4n) is 4.33. The minimum atomic E-state index is -3.88. The first kappa shape index (κ1) is 31.1. The number of piperazine rings is 1. The third-order valence-electron chi connectivity index (χ3n) is 6.64. The summed E-state index contributed by atoms with van der Waals surface area (Å²) < 4.78 is 50.6. The molecule has 0 radical (unpaired) electrons. The van der Waals surface area contributed by atoms with Crippen LogP contribution < -0.4 is 20.5 Å². The number of nitrogens with zero attached hydrogens (tertiary/aromatic N) is 2. The zero-order chi connectivity index (χ0) is 30.3. The number of amides is 2. The molecule has 224 valence electrons. The second kappa shape index (κ2) is 13.4. The van der Waals surface area contributed by atoms with E-state index in [0.29, 0.717) is 48.0 Å². The Bertz CT molecular complexity index is 1620. The molecule has 2 amide bonds. The van der Waals surface area contributed by atoms with Crippen molar-refractivity contribution in [3.8, 4) is 0 Å². The van der Waals surface area contributed by atoms with Gasteiger partial charge in [0.15, 0.2) is 0 Å². The number of primary sulfonamides is 1. The predicted octanol–water partition coefficient (Wildman–Crippen LogP) is 1.39. The lowest BCUT2D eigenvalue weighted by atomic mass is 10.1. The number of nitrogens with two attached hydrogens (primary N) is 1. The number of β-amino-alcohol motifs (C(OH)–C–C–N with tert-alkyl or cyclic N) is 1. The molecular formula is C27H33N7O6S2. The fourth-order valence-corrected chi connectivity index (χ4v) is 5.87. The average molecular weight is 616 g/mol. The van der Waals surface area contributed by atoms with Gasteiger partial charge in [0.2, 0.25) is 20.0 Å². The van der Waals surface area contributed by atoms with Gasteiger partial charge in [0.05, 0.1) is 16.4 Å². The first-order chi connectivity index (χ1) is 19.9. The number of aliphatic hydroxyl groups is 1. The molecule has 4 rings (SSSR count). The van der Waals surface area contributed by atoms with Crippen LogP contribution in [0.3, 0.4) is 0 Å². The van der Waals surface area contributed by atoms with Gasteiger partial charge in [-0.25, -0.2) is 31.5 Å². The van der Waals surface area contributed by atoms with Crippen LogP contribution >= 0.6 is 0 Å². The highest BCUT2D eigenvalue weighted by Crippen LogP contribution is 2.18. The van der Waals surface area contributed by atoms with Crippen molar-refractivity contribution >= 4 is 43.3 Å². The Hall–Kier alpha value is -3.86. The Morgan fingerprint density at radius 2 is 1.48 bits per heavy atom.